The topological polar surface area (TPSA) is 148 Å². The Morgan fingerprint density at radius 2 is 1.82 bits per heavy atom. The lowest BCUT2D eigenvalue weighted by Crippen LogP contribution is -2.40. The summed E-state index contributed by atoms with van der Waals surface area (Å²) in [7, 11) is -3.78. The van der Waals surface area contributed by atoms with E-state index in [1.807, 2.05) is 4.90 Å². The van der Waals surface area contributed by atoms with E-state index in [2.05, 4.69) is 20.0 Å². The van der Waals surface area contributed by atoms with Gasteiger partial charge in [-0.25, -0.2) is 22.2 Å². The molecule has 0 radical (unpaired) electrons. The Morgan fingerprint density at radius 1 is 1.10 bits per heavy atom. The maximum Gasteiger partial charge on any atom is 0.258 e. The van der Waals surface area contributed by atoms with Crippen LogP contribution in [0.15, 0.2) is 24.3 Å². The molecule has 3 aliphatic rings. The highest BCUT2D eigenvalue weighted by molar-refractivity contribution is 7.92. The van der Waals surface area contributed by atoms with Crippen molar-refractivity contribution in [3.8, 4) is 0 Å². The molecule has 218 valence electrons. The summed E-state index contributed by atoms with van der Waals surface area (Å²) < 4.78 is 54.3. The van der Waals surface area contributed by atoms with Crippen LogP contribution in [-0.2, 0) is 10.0 Å². The summed E-state index contributed by atoms with van der Waals surface area (Å²) in [6.07, 6.45) is 1.06. The Bertz CT molecular complexity index is 1380. The number of aromatic nitrogens is 2. The zero-order chi connectivity index (χ0) is 28.7. The molecule has 2 aromatic rings. The number of aliphatic hydroxyl groups excluding tert-OH is 2. The Balaban J connectivity index is 1.40. The Morgan fingerprint density at radius 3 is 2.50 bits per heavy atom. The number of alkyl halides is 2. The predicted octanol–water partition coefficient (Wildman–Crippen LogP) is 2.22. The van der Waals surface area contributed by atoms with Crippen molar-refractivity contribution in [1.29, 1.82) is 0 Å². The van der Waals surface area contributed by atoms with Gasteiger partial charge in [0.25, 0.3) is 11.8 Å². The fourth-order valence-corrected chi connectivity index (χ4v) is 6.41. The number of nitrogens with zero attached hydrogens (tertiary/aromatic N) is 4. The van der Waals surface area contributed by atoms with Gasteiger partial charge in [0.15, 0.2) is 0 Å². The van der Waals surface area contributed by atoms with Crippen LogP contribution >= 0.6 is 0 Å². The van der Waals surface area contributed by atoms with Crippen LogP contribution < -0.4 is 19.8 Å². The van der Waals surface area contributed by atoms with Gasteiger partial charge in [0, 0.05) is 62.8 Å². The highest BCUT2D eigenvalue weighted by Gasteiger charge is 2.56. The summed E-state index contributed by atoms with van der Waals surface area (Å²) in [5.41, 5.74) is 1.59. The number of carbonyl (C=O) groups excluding carboxylic acids is 1. The molecule has 0 unspecified atom stereocenters. The van der Waals surface area contributed by atoms with Gasteiger partial charge in [0.2, 0.25) is 16.0 Å². The van der Waals surface area contributed by atoms with Crippen LogP contribution in [0.3, 0.4) is 0 Å². The first-order chi connectivity index (χ1) is 18.9. The zero-order valence-corrected chi connectivity index (χ0v) is 23.1. The van der Waals surface area contributed by atoms with Crippen LogP contribution in [0.2, 0.25) is 0 Å². The van der Waals surface area contributed by atoms with Gasteiger partial charge in [0.05, 0.1) is 29.3 Å². The number of carbonyl (C=O) groups is 1. The second-order valence-electron chi connectivity index (χ2n) is 11.0. The van der Waals surface area contributed by atoms with E-state index in [4.69, 9.17) is 5.11 Å². The number of rotatable bonds is 9. The minimum atomic E-state index is -3.78. The van der Waals surface area contributed by atoms with Crippen LogP contribution in [0.4, 0.5) is 31.9 Å². The fraction of sp³-hybridized carbons (Fsp3) is 0.577. The van der Waals surface area contributed by atoms with Crippen molar-refractivity contribution in [3.63, 3.8) is 0 Å². The zero-order valence-electron chi connectivity index (χ0n) is 22.2. The second kappa shape index (κ2) is 10.7. The average molecular weight is 581 g/mol. The van der Waals surface area contributed by atoms with Crippen molar-refractivity contribution in [1.82, 2.24) is 9.97 Å². The highest BCUT2D eigenvalue weighted by Crippen LogP contribution is 2.58. The molecule has 1 aromatic carbocycles. The minimum Gasteiger partial charge on any atom is -0.396 e. The molecule has 11 nitrogen and oxygen atoms in total. The molecule has 2 aliphatic heterocycles. The number of halogens is 2. The highest BCUT2D eigenvalue weighted by atomic mass is 32.2. The van der Waals surface area contributed by atoms with Gasteiger partial charge in [-0.3, -0.25) is 9.52 Å². The van der Waals surface area contributed by atoms with E-state index in [1.54, 1.807) is 24.0 Å². The standard InChI is InChI=1S/C26H34F2N6O5S/c1-17-12-22(31-24(29-17)33-8-5-26(27,28)6-9-33)30-23(37)20-3-2-19(32-40(38,39)11-10-35)13-21(20)34-7-4-25(16-36)14-18(25)15-34/h2-3,12-13,18,32,35-36H,4-11,14-16H2,1H3,(H,29,30,31,37)/t18-,25-/m1/s1. The molecule has 40 heavy (non-hydrogen) atoms. The summed E-state index contributed by atoms with van der Waals surface area (Å²) in [6, 6.07) is 6.21. The van der Waals surface area contributed by atoms with E-state index >= 15 is 0 Å². The first-order valence-electron chi connectivity index (χ1n) is 13.3. The van der Waals surface area contributed by atoms with E-state index in [-0.39, 0.29) is 61.3 Å². The largest absolute Gasteiger partial charge is 0.396 e. The normalized spacial score (nSPS) is 23.9. The lowest BCUT2D eigenvalue weighted by Gasteiger charge is -2.34. The van der Waals surface area contributed by atoms with E-state index < -0.39 is 34.2 Å². The number of hydrogen-bond donors (Lipinski definition) is 4. The average Bonchev–Trinajstić information content (AvgIpc) is 3.62. The quantitative estimate of drug-likeness (QED) is 0.350. The van der Waals surface area contributed by atoms with Crippen molar-refractivity contribution >= 4 is 39.1 Å². The number of hydrogen-bond acceptors (Lipinski definition) is 9. The van der Waals surface area contributed by atoms with Gasteiger partial charge >= 0.3 is 0 Å². The molecule has 3 heterocycles. The molecule has 0 spiro atoms. The molecule has 1 aromatic heterocycles. The number of anilines is 4. The van der Waals surface area contributed by atoms with Gasteiger partial charge in [-0.1, -0.05) is 0 Å². The van der Waals surface area contributed by atoms with Crippen molar-refractivity contribution in [2.75, 3.05) is 65.0 Å². The summed E-state index contributed by atoms with van der Waals surface area (Å²) in [6.45, 7) is 2.73. The molecule has 14 heteroatoms. The second-order valence-corrected chi connectivity index (χ2v) is 12.8. The molecule has 1 aliphatic carbocycles. The van der Waals surface area contributed by atoms with Crippen molar-refractivity contribution in [2.24, 2.45) is 11.3 Å². The molecule has 0 bridgehead atoms. The van der Waals surface area contributed by atoms with E-state index in [9.17, 15) is 27.1 Å². The van der Waals surface area contributed by atoms with Gasteiger partial charge in [0.1, 0.15) is 5.82 Å². The Labute approximate surface area is 231 Å². The Kier molecular flexibility index (Phi) is 7.61. The fourth-order valence-electron chi connectivity index (χ4n) is 5.58. The molecule has 1 amide bonds. The summed E-state index contributed by atoms with van der Waals surface area (Å²) in [5.74, 6) is -2.87. The first kappa shape index (κ1) is 28.4. The van der Waals surface area contributed by atoms with Crippen LogP contribution in [0, 0.1) is 18.3 Å². The summed E-state index contributed by atoms with van der Waals surface area (Å²) in [4.78, 5) is 26.0. The smallest absolute Gasteiger partial charge is 0.258 e. The monoisotopic (exact) mass is 580 g/mol. The van der Waals surface area contributed by atoms with Crippen LogP contribution in [0.25, 0.3) is 0 Å². The Hall–Kier alpha value is -3.10. The van der Waals surface area contributed by atoms with E-state index in [1.165, 1.54) is 12.1 Å². The first-order valence-corrected chi connectivity index (χ1v) is 15.0. The molecule has 1 saturated carbocycles. The summed E-state index contributed by atoms with van der Waals surface area (Å²) in [5, 5.41) is 21.7. The predicted molar refractivity (Wildman–Crippen MR) is 147 cm³/mol. The molecule has 2 atom stereocenters. The number of sulfonamides is 1. The third-order valence-electron chi connectivity index (χ3n) is 8.07. The lowest BCUT2D eigenvalue weighted by molar-refractivity contribution is -0.0222. The third kappa shape index (κ3) is 6.13. The number of aryl methyl sites for hydroxylation is 1. The van der Waals surface area contributed by atoms with Gasteiger partial charge < -0.3 is 25.3 Å². The maximum atomic E-state index is 13.6. The summed E-state index contributed by atoms with van der Waals surface area (Å²) >= 11 is 0. The number of amides is 1. The van der Waals surface area contributed by atoms with E-state index in [0.29, 0.717) is 30.0 Å². The molecule has 3 fully saturated rings. The molecule has 5 rings (SSSR count). The van der Waals surface area contributed by atoms with Crippen LogP contribution in [-0.4, -0.2) is 85.6 Å². The van der Waals surface area contributed by atoms with Gasteiger partial charge in [-0.2, -0.15) is 4.98 Å². The number of piperidine rings is 2. The SMILES string of the molecule is Cc1cc(NC(=O)c2ccc(NS(=O)(=O)CCO)cc2N2CC[C@]3(CO)C[C@@H]3C2)nc(N2CCC(F)(F)CC2)n1. The molecule has 4 N–H and O–H groups in total. The lowest BCUT2D eigenvalue weighted by atomic mass is 9.95. The van der Waals surface area contributed by atoms with Crippen LogP contribution in [0.1, 0.15) is 41.7 Å². The molecule has 2 saturated heterocycles. The number of nitrogens with one attached hydrogen (secondary N) is 2. The minimum absolute atomic E-state index is 0.0768. The number of fused-ring (bicyclic) bond motifs is 1. The number of benzene rings is 1. The van der Waals surface area contributed by atoms with Gasteiger partial charge in [-0.15, -0.1) is 0 Å². The van der Waals surface area contributed by atoms with Crippen molar-refractivity contribution in [2.45, 2.75) is 38.5 Å². The molecular weight excluding hydrogens is 546 g/mol. The molecular formula is C26H34F2N6O5S. The van der Waals surface area contributed by atoms with Crippen LogP contribution in [0.5, 0.6) is 0 Å². The maximum absolute atomic E-state index is 13.6. The number of aliphatic hydroxyl groups is 2. The van der Waals surface area contributed by atoms with Gasteiger partial charge in [-0.05, 0) is 43.9 Å². The van der Waals surface area contributed by atoms with Crippen molar-refractivity contribution in [3.05, 3.63) is 35.5 Å². The van der Waals surface area contributed by atoms with E-state index in [0.717, 1.165) is 12.8 Å². The third-order valence-corrected chi connectivity index (χ3v) is 9.34. The van der Waals surface area contributed by atoms with Crippen molar-refractivity contribution < 1.29 is 32.2 Å².